The lowest BCUT2D eigenvalue weighted by Crippen LogP contribution is -2.46. The number of alkyl carbamates (subject to hydrolysis) is 1. The summed E-state index contributed by atoms with van der Waals surface area (Å²) in [5, 5.41) is 2.74. The van der Waals surface area contributed by atoms with Crippen molar-refractivity contribution in [3.05, 3.63) is 71.3 Å². The highest BCUT2D eigenvalue weighted by Gasteiger charge is 2.36. The van der Waals surface area contributed by atoms with E-state index in [0.29, 0.717) is 12.8 Å². The molecule has 2 aromatic rings. The Balaban J connectivity index is 1.50. The van der Waals surface area contributed by atoms with Crippen molar-refractivity contribution in [1.29, 1.82) is 0 Å². The first-order valence-corrected chi connectivity index (χ1v) is 9.27. The van der Waals surface area contributed by atoms with E-state index in [1.54, 1.807) is 0 Å². The SMILES string of the molecule is O=C(NC1CCN(C(=O)c2ccccc2C(F)(F)F)CC1)OCc1ccccc1. The van der Waals surface area contributed by atoms with Gasteiger partial charge in [0.15, 0.2) is 0 Å². The maximum absolute atomic E-state index is 13.1. The van der Waals surface area contributed by atoms with Gasteiger partial charge in [-0.15, -0.1) is 0 Å². The highest BCUT2D eigenvalue weighted by molar-refractivity contribution is 5.96. The molecule has 0 spiro atoms. The van der Waals surface area contributed by atoms with Gasteiger partial charge in [-0.1, -0.05) is 42.5 Å². The lowest BCUT2D eigenvalue weighted by molar-refractivity contribution is -0.138. The van der Waals surface area contributed by atoms with Crippen LogP contribution in [-0.4, -0.2) is 36.0 Å². The fourth-order valence-corrected chi connectivity index (χ4v) is 3.25. The smallest absolute Gasteiger partial charge is 0.417 e. The second-order valence-corrected chi connectivity index (χ2v) is 6.82. The highest BCUT2D eigenvalue weighted by atomic mass is 19.4. The van der Waals surface area contributed by atoms with Gasteiger partial charge in [-0.2, -0.15) is 13.2 Å². The van der Waals surface area contributed by atoms with Crippen LogP contribution in [0.25, 0.3) is 0 Å². The first-order valence-electron chi connectivity index (χ1n) is 9.27. The predicted octanol–water partition coefficient (Wildman–Crippen LogP) is 4.24. The van der Waals surface area contributed by atoms with E-state index in [-0.39, 0.29) is 31.3 Å². The van der Waals surface area contributed by atoms with Crippen molar-refractivity contribution in [2.45, 2.75) is 31.7 Å². The highest BCUT2D eigenvalue weighted by Crippen LogP contribution is 2.32. The van der Waals surface area contributed by atoms with Crippen molar-refractivity contribution < 1.29 is 27.5 Å². The van der Waals surface area contributed by atoms with E-state index < -0.39 is 23.7 Å². The molecule has 1 fully saturated rings. The average molecular weight is 406 g/mol. The summed E-state index contributed by atoms with van der Waals surface area (Å²) >= 11 is 0. The summed E-state index contributed by atoms with van der Waals surface area (Å²) in [4.78, 5) is 25.9. The molecule has 5 nitrogen and oxygen atoms in total. The van der Waals surface area contributed by atoms with Gasteiger partial charge in [-0.25, -0.2) is 4.79 Å². The molecular formula is C21H21F3N2O3. The van der Waals surface area contributed by atoms with Crippen LogP contribution in [0.1, 0.15) is 34.3 Å². The molecule has 0 aromatic heterocycles. The van der Waals surface area contributed by atoms with Gasteiger partial charge in [0.2, 0.25) is 0 Å². The van der Waals surface area contributed by atoms with Crippen LogP contribution in [0.3, 0.4) is 0 Å². The summed E-state index contributed by atoms with van der Waals surface area (Å²) in [6.07, 6.45) is -4.25. The van der Waals surface area contributed by atoms with Crippen molar-refractivity contribution in [2.75, 3.05) is 13.1 Å². The summed E-state index contributed by atoms with van der Waals surface area (Å²) in [6.45, 7) is 0.668. The third kappa shape index (κ3) is 5.49. The van der Waals surface area contributed by atoms with E-state index in [1.165, 1.54) is 23.1 Å². The van der Waals surface area contributed by atoms with Gasteiger partial charge in [0.05, 0.1) is 11.1 Å². The topological polar surface area (TPSA) is 58.6 Å². The molecule has 0 radical (unpaired) electrons. The Morgan fingerprint density at radius 3 is 2.28 bits per heavy atom. The number of nitrogens with one attached hydrogen (secondary N) is 1. The lowest BCUT2D eigenvalue weighted by Gasteiger charge is -2.32. The van der Waals surface area contributed by atoms with Gasteiger partial charge in [0.25, 0.3) is 5.91 Å². The number of halogens is 3. The Bertz CT molecular complexity index is 848. The third-order valence-electron chi connectivity index (χ3n) is 4.78. The summed E-state index contributed by atoms with van der Waals surface area (Å²) in [7, 11) is 0. The summed E-state index contributed by atoms with van der Waals surface area (Å²) in [6, 6.07) is 13.8. The van der Waals surface area contributed by atoms with Crippen LogP contribution >= 0.6 is 0 Å². The number of amides is 2. The van der Waals surface area contributed by atoms with Crippen molar-refractivity contribution in [1.82, 2.24) is 10.2 Å². The van der Waals surface area contributed by atoms with Crippen molar-refractivity contribution in [3.63, 3.8) is 0 Å². The Morgan fingerprint density at radius 1 is 1.00 bits per heavy atom. The summed E-state index contributed by atoms with van der Waals surface area (Å²) in [5.74, 6) is -0.650. The van der Waals surface area contributed by atoms with E-state index in [1.807, 2.05) is 30.3 Å². The van der Waals surface area contributed by atoms with Gasteiger partial charge in [0, 0.05) is 19.1 Å². The van der Waals surface area contributed by atoms with E-state index in [0.717, 1.165) is 11.6 Å². The second-order valence-electron chi connectivity index (χ2n) is 6.82. The number of alkyl halides is 3. The minimum absolute atomic E-state index is 0.151. The van der Waals surface area contributed by atoms with Gasteiger partial charge >= 0.3 is 12.3 Å². The van der Waals surface area contributed by atoms with Crippen molar-refractivity contribution >= 4 is 12.0 Å². The number of piperidine rings is 1. The van der Waals surface area contributed by atoms with Crippen LogP contribution in [0.4, 0.5) is 18.0 Å². The molecule has 3 rings (SSSR count). The molecule has 2 amide bonds. The third-order valence-corrected chi connectivity index (χ3v) is 4.78. The maximum Gasteiger partial charge on any atom is 0.417 e. The van der Waals surface area contributed by atoms with Crippen LogP contribution in [0.2, 0.25) is 0 Å². The molecule has 8 heteroatoms. The molecule has 0 saturated carbocycles. The number of hydrogen-bond donors (Lipinski definition) is 1. The van der Waals surface area contributed by atoms with Gasteiger partial charge in [-0.3, -0.25) is 4.79 Å². The molecule has 154 valence electrons. The molecule has 2 aromatic carbocycles. The van der Waals surface area contributed by atoms with Crippen molar-refractivity contribution in [3.8, 4) is 0 Å². The van der Waals surface area contributed by atoms with E-state index in [4.69, 9.17) is 4.74 Å². The van der Waals surface area contributed by atoms with E-state index in [9.17, 15) is 22.8 Å². The zero-order valence-corrected chi connectivity index (χ0v) is 15.6. The van der Waals surface area contributed by atoms with Crippen LogP contribution in [-0.2, 0) is 17.5 Å². The fraction of sp³-hybridized carbons (Fsp3) is 0.333. The molecule has 1 aliphatic rings. The molecular weight excluding hydrogens is 385 g/mol. The minimum Gasteiger partial charge on any atom is -0.445 e. The zero-order chi connectivity index (χ0) is 20.9. The van der Waals surface area contributed by atoms with E-state index >= 15 is 0 Å². The zero-order valence-electron chi connectivity index (χ0n) is 15.6. The molecule has 0 aliphatic carbocycles. The van der Waals surface area contributed by atoms with Crippen LogP contribution in [0.15, 0.2) is 54.6 Å². The number of carbonyl (C=O) groups is 2. The number of carbonyl (C=O) groups excluding carboxylic acids is 2. The van der Waals surface area contributed by atoms with Gasteiger partial charge in [0.1, 0.15) is 6.61 Å². The Labute approximate surface area is 166 Å². The molecule has 0 unspecified atom stereocenters. The molecule has 1 aliphatic heterocycles. The number of nitrogens with zero attached hydrogens (tertiary/aromatic N) is 1. The predicted molar refractivity (Wildman–Crippen MR) is 100 cm³/mol. The van der Waals surface area contributed by atoms with Crippen LogP contribution in [0.5, 0.6) is 0 Å². The molecule has 1 N–H and O–H groups in total. The molecule has 29 heavy (non-hydrogen) atoms. The lowest BCUT2D eigenvalue weighted by atomic mass is 10.0. The second kappa shape index (κ2) is 8.98. The number of benzene rings is 2. The number of hydrogen-bond acceptors (Lipinski definition) is 3. The Morgan fingerprint density at radius 2 is 1.62 bits per heavy atom. The largest absolute Gasteiger partial charge is 0.445 e. The Kier molecular flexibility index (Phi) is 6.41. The molecule has 0 bridgehead atoms. The van der Waals surface area contributed by atoms with Gasteiger partial charge < -0.3 is 15.0 Å². The van der Waals surface area contributed by atoms with E-state index in [2.05, 4.69) is 5.32 Å². The molecule has 1 saturated heterocycles. The van der Waals surface area contributed by atoms with Crippen LogP contribution in [0, 0.1) is 0 Å². The monoisotopic (exact) mass is 406 g/mol. The van der Waals surface area contributed by atoms with Gasteiger partial charge in [-0.05, 0) is 30.5 Å². The van der Waals surface area contributed by atoms with Crippen LogP contribution < -0.4 is 5.32 Å². The maximum atomic E-state index is 13.1. The quantitative estimate of drug-likeness (QED) is 0.827. The number of ether oxygens (including phenoxy) is 1. The first kappa shape index (κ1) is 20.7. The molecule has 0 atom stereocenters. The number of rotatable bonds is 4. The Hall–Kier alpha value is -3.03. The fourth-order valence-electron chi connectivity index (χ4n) is 3.25. The summed E-state index contributed by atoms with van der Waals surface area (Å²) in [5.41, 5.74) is -0.421. The normalized spacial score (nSPS) is 15.1. The first-order chi connectivity index (χ1) is 13.8. The average Bonchev–Trinajstić information content (AvgIpc) is 2.72. The summed E-state index contributed by atoms with van der Waals surface area (Å²) < 4.78 is 44.6. The van der Waals surface area contributed by atoms with Crippen molar-refractivity contribution in [2.24, 2.45) is 0 Å². The molecule has 1 heterocycles. The number of likely N-dealkylation sites (tertiary alicyclic amines) is 1. The standard InChI is InChI=1S/C21H21F3N2O3/c22-21(23,24)18-9-5-4-8-17(18)19(27)26-12-10-16(11-13-26)25-20(28)29-14-15-6-2-1-3-7-15/h1-9,16H,10-14H2,(H,25,28). The minimum atomic E-state index is -4.59.